The number of rotatable bonds is 5. The van der Waals surface area contributed by atoms with Crippen LogP contribution < -0.4 is 4.31 Å². The molecule has 29 heavy (non-hydrogen) atoms. The zero-order valence-electron chi connectivity index (χ0n) is 17.0. The van der Waals surface area contributed by atoms with Gasteiger partial charge in [-0.3, -0.25) is 9.10 Å². The lowest BCUT2D eigenvalue weighted by Crippen LogP contribution is -2.35. The molecule has 0 aromatic heterocycles. The molecule has 0 unspecified atom stereocenters. The van der Waals surface area contributed by atoms with Gasteiger partial charge in [-0.15, -0.1) is 0 Å². The summed E-state index contributed by atoms with van der Waals surface area (Å²) in [7, 11) is -3.85. The van der Waals surface area contributed by atoms with Crippen LogP contribution in [-0.2, 0) is 26.0 Å². The van der Waals surface area contributed by atoms with E-state index in [2.05, 4.69) is 0 Å². The molecule has 0 saturated carbocycles. The van der Waals surface area contributed by atoms with Crippen molar-refractivity contribution in [3.8, 4) is 0 Å². The number of esters is 1. The van der Waals surface area contributed by atoms with E-state index in [-0.39, 0.29) is 28.9 Å². The number of anilines is 1. The van der Waals surface area contributed by atoms with E-state index in [9.17, 15) is 18.0 Å². The van der Waals surface area contributed by atoms with Crippen LogP contribution in [0.4, 0.5) is 5.69 Å². The van der Waals surface area contributed by atoms with E-state index >= 15 is 0 Å². The van der Waals surface area contributed by atoms with Crippen molar-refractivity contribution in [1.82, 2.24) is 0 Å². The van der Waals surface area contributed by atoms with Gasteiger partial charge in [-0.25, -0.2) is 13.2 Å². The lowest BCUT2D eigenvalue weighted by atomic mass is 9.91. The third-order valence-electron chi connectivity index (χ3n) is 4.94. The van der Waals surface area contributed by atoms with Crippen LogP contribution in [0.2, 0.25) is 0 Å². The normalized spacial score (nSPS) is 16.4. The van der Waals surface area contributed by atoms with Crippen molar-refractivity contribution in [2.45, 2.75) is 45.1 Å². The quantitative estimate of drug-likeness (QED) is 0.697. The average molecular weight is 416 g/mol. The number of Topliss-reactive ketones (excluding diaryl/α,β-unsaturated/α-hetero) is 1. The van der Waals surface area contributed by atoms with E-state index in [1.165, 1.54) is 28.6 Å². The maximum Gasteiger partial charge on any atom is 0.338 e. The van der Waals surface area contributed by atoms with E-state index in [1.807, 2.05) is 19.1 Å². The summed E-state index contributed by atoms with van der Waals surface area (Å²) in [6, 6.07) is 12.9. The number of carbonyl (C=O) groups excluding carboxylic acids is 2. The molecule has 3 rings (SSSR count). The molecule has 0 N–H and O–H groups in total. The molecule has 0 amide bonds. The Morgan fingerprint density at radius 3 is 2.48 bits per heavy atom. The Kier molecular flexibility index (Phi) is 5.54. The van der Waals surface area contributed by atoms with Gasteiger partial charge >= 0.3 is 5.97 Å². The number of para-hydroxylation sites is 1. The fourth-order valence-corrected chi connectivity index (χ4v) is 4.97. The highest BCUT2D eigenvalue weighted by Gasteiger charge is 2.36. The zero-order valence-corrected chi connectivity index (χ0v) is 17.8. The molecule has 0 saturated heterocycles. The van der Waals surface area contributed by atoms with Gasteiger partial charge in [-0.05, 0) is 43.2 Å². The number of sulfonamides is 1. The Labute approximate surface area is 171 Å². The van der Waals surface area contributed by atoms with Crippen LogP contribution in [0.25, 0.3) is 0 Å². The summed E-state index contributed by atoms with van der Waals surface area (Å²) in [6.45, 7) is 6.73. The number of ether oxygens (including phenoxy) is 1. The maximum absolute atomic E-state index is 13.3. The molecule has 2 aromatic rings. The fraction of sp³-hybridized carbons (Fsp3) is 0.364. The van der Waals surface area contributed by atoms with Crippen molar-refractivity contribution in [3.05, 3.63) is 59.7 Å². The molecule has 154 valence electrons. The molecule has 7 heteroatoms. The van der Waals surface area contributed by atoms with Gasteiger partial charge in [0, 0.05) is 11.5 Å². The summed E-state index contributed by atoms with van der Waals surface area (Å²) in [6.07, 6.45) is 0.631. The van der Waals surface area contributed by atoms with Gasteiger partial charge in [-0.1, -0.05) is 45.0 Å². The van der Waals surface area contributed by atoms with Gasteiger partial charge in [0.25, 0.3) is 10.0 Å². The molecule has 1 heterocycles. The lowest BCUT2D eigenvalue weighted by molar-refractivity contribution is -0.129. The second-order valence-corrected chi connectivity index (χ2v) is 10.1. The number of nitrogens with zero attached hydrogens (tertiary/aromatic N) is 1. The molecule has 1 aliphatic rings. The van der Waals surface area contributed by atoms with Gasteiger partial charge in [0.2, 0.25) is 0 Å². The average Bonchev–Trinajstić information content (AvgIpc) is 3.01. The van der Waals surface area contributed by atoms with Crippen LogP contribution in [0.1, 0.15) is 43.6 Å². The summed E-state index contributed by atoms with van der Waals surface area (Å²) in [4.78, 5) is 24.3. The highest BCUT2D eigenvalue weighted by atomic mass is 32.2. The molecule has 6 nitrogen and oxygen atoms in total. The molecule has 0 radical (unpaired) electrons. The number of fused-ring (bicyclic) bond motifs is 1. The molecule has 1 atom stereocenters. The highest BCUT2D eigenvalue weighted by molar-refractivity contribution is 7.92. The van der Waals surface area contributed by atoms with E-state index < -0.39 is 21.4 Å². The number of ketones is 1. The number of carbonyl (C=O) groups is 2. The minimum absolute atomic E-state index is 0.0117. The molecular formula is C22H25NO5S. The van der Waals surface area contributed by atoms with E-state index in [0.29, 0.717) is 12.1 Å². The van der Waals surface area contributed by atoms with Crippen LogP contribution in [0.3, 0.4) is 0 Å². The Morgan fingerprint density at radius 1 is 1.10 bits per heavy atom. The van der Waals surface area contributed by atoms with Gasteiger partial charge in [0.05, 0.1) is 16.1 Å². The first-order valence-electron chi connectivity index (χ1n) is 9.44. The molecular weight excluding hydrogens is 390 g/mol. The van der Waals surface area contributed by atoms with Crippen LogP contribution in [0, 0.1) is 5.41 Å². The summed E-state index contributed by atoms with van der Waals surface area (Å²) >= 11 is 0. The number of hydrogen-bond acceptors (Lipinski definition) is 5. The molecule has 0 aliphatic carbocycles. The first kappa shape index (κ1) is 21.0. The van der Waals surface area contributed by atoms with E-state index in [1.54, 1.807) is 32.9 Å². The summed E-state index contributed by atoms with van der Waals surface area (Å²) in [5.41, 5.74) is 1.10. The van der Waals surface area contributed by atoms with E-state index in [0.717, 1.165) is 5.56 Å². The first-order valence-corrected chi connectivity index (χ1v) is 10.9. The van der Waals surface area contributed by atoms with Crippen LogP contribution in [-0.4, -0.2) is 32.8 Å². The van der Waals surface area contributed by atoms with Crippen LogP contribution in [0.5, 0.6) is 0 Å². The van der Waals surface area contributed by atoms with Crippen LogP contribution in [0.15, 0.2) is 53.4 Å². The predicted molar refractivity (Wildman–Crippen MR) is 110 cm³/mol. The molecule has 2 aromatic carbocycles. The fourth-order valence-electron chi connectivity index (χ4n) is 3.23. The second-order valence-electron chi connectivity index (χ2n) is 8.26. The zero-order chi connectivity index (χ0) is 21.4. The molecule has 0 bridgehead atoms. The summed E-state index contributed by atoms with van der Waals surface area (Å²) in [5.74, 6) is -0.938. The lowest BCUT2D eigenvalue weighted by Gasteiger charge is -2.24. The Balaban J connectivity index is 1.85. The van der Waals surface area contributed by atoms with Crippen molar-refractivity contribution in [2.75, 3.05) is 10.9 Å². The standard InChI is InChI=1S/C22H25NO5S/c1-15-12-16-8-5-6-11-19(16)23(15)29(26,27)18-10-7-9-17(13-18)21(25)28-14-20(24)22(2,3)4/h5-11,13,15H,12,14H2,1-4H3/t15-/m1/s1. The topological polar surface area (TPSA) is 80.8 Å². The minimum Gasteiger partial charge on any atom is -0.454 e. The maximum atomic E-state index is 13.3. The van der Waals surface area contributed by atoms with Crippen molar-refractivity contribution < 1.29 is 22.7 Å². The van der Waals surface area contributed by atoms with Gasteiger partial charge in [0.15, 0.2) is 12.4 Å². The van der Waals surface area contributed by atoms with Crippen molar-refractivity contribution in [2.24, 2.45) is 5.41 Å². The largest absolute Gasteiger partial charge is 0.454 e. The Morgan fingerprint density at radius 2 is 1.79 bits per heavy atom. The highest BCUT2D eigenvalue weighted by Crippen LogP contribution is 2.36. The minimum atomic E-state index is -3.85. The third-order valence-corrected chi connectivity index (χ3v) is 6.87. The number of hydrogen-bond donors (Lipinski definition) is 0. The summed E-state index contributed by atoms with van der Waals surface area (Å²) in [5, 5.41) is 0. The van der Waals surface area contributed by atoms with Gasteiger partial charge < -0.3 is 4.74 Å². The van der Waals surface area contributed by atoms with E-state index in [4.69, 9.17) is 4.74 Å². The molecule has 0 spiro atoms. The first-order chi connectivity index (χ1) is 13.5. The SMILES string of the molecule is C[C@@H]1Cc2ccccc2N1S(=O)(=O)c1cccc(C(=O)OCC(=O)C(C)(C)C)c1. The predicted octanol–water partition coefficient (Wildman–Crippen LogP) is 3.60. The summed E-state index contributed by atoms with van der Waals surface area (Å²) < 4.78 is 33.1. The van der Waals surface area contributed by atoms with Crippen molar-refractivity contribution in [1.29, 1.82) is 0 Å². The van der Waals surface area contributed by atoms with Crippen LogP contribution >= 0.6 is 0 Å². The van der Waals surface area contributed by atoms with Crippen molar-refractivity contribution >= 4 is 27.5 Å². The van der Waals surface area contributed by atoms with Gasteiger partial charge in [-0.2, -0.15) is 0 Å². The Bertz CT molecular complexity index is 1050. The van der Waals surface area contributed by atoms with Gasteiger partial charge in [0.1, 0.15) is 0 Å². The Hall–Kier alpha value is -2.67. The number of benzene rings is 2. The second kappa shape index (κ2) is 7.63. The van der Waals surface area contributed by atoms with Crippen molar-refractivity contribution in [3.63, 3.8) is 0 Å². The smallest absolute Gasteiger partial charge is 0.338 e. The molecule has 0 fully saturated rings. The molecule has 1 aliphatic heterocycles. The monoisotopic (exact) mass is 415 g/mol. The third kappa shape index (κ3) is 4.19.